The molecule has 2 rings (SSSR count). The van der Waals surface area contributed by atoms with Gasteiger partial charge in [0, 0.05) is 31.7 Å². The number of guanidine groups is 1. The number of aliphatic imine (C=N–C) groups is 1. The summed E-state index contributed by atoms with van der Waals surface area (Å²) in [5.74, 6) is 1.32. The molecule has 25 heavy (non-hydrogen) atoms. The predicted molar refractivity (Wildman–Crippen MR) is 116 cm³/mol. The van der Waals surface area contributed by atoms with E-state index in [4.69, 9.17) is 0 Å². The molecule has 0 unspecified atom stereocenters. The van der Waals surface area contributed by atoms with Crippen molar-refractivity contribution in [3.8, 4) is 0 Å². The van der Waals surface area contributed by atoms with Crippen LogP contribution in [0.2, 0.25) is 0 Å². The number of hydrogen-bond acceptors (Lipinski definition) is 4. The van der Waals surface area contributed by atoms with Gasteiger partial charge in [-0.1, -0.05) is 13.8 Å². The van der Waals surface area contributed by atoms with Gasteiger partial charge in [0.05, 0.1) is 18.4 Å². The van der Waals surface area contributed by atoms with E-state index in [9.17, 15) is 0 Å². The van der Waals surface area contributed by atoms with Gasteiger partial charge in [-0.2, -0.15) is 5.10 Å². The number of halogens is 1. The van der Waals surface area contributed by atoms with E-state index in [1.165, 1.54) is 5.56 Å². The van der Waals surface area contributed by atoms with Crippen molar-refractivity contribution in [1.29, 1.82) is 0 Å². The smallest absolute Gasteiger partial charge is 0.191 e. The van der Waals surface area contributed by atoms with Gasteiger partial charge in [-0.05, 0) is 31.2 Å². The number of nitrogens with one attached hydrogen (secondary N) is 2. The molecule has 0 fully saturated rings. The van der Waals surface area contributed by atoms with Crippen LogP contribution in [0.3, 0.4) is 0 Å². The maximum atomic E-state index is 4.63. The van der Waals surface area contributed by atoms with Gasteiger partial charge in [0.1, 0.15) is 5.01 Å². The summed E-state index contributed by atoms with van der Waals surface area (Å²) in [6.45, 7) is 8.76. The summed E-state index contributed by atoms with van der Waals surface area (Å²) in [6.07, 6.45) is 6.05. The summed E-state index contributed by atoms with van der Waals surface area (Å²) >= 11 is 1.68. The SMILES string of the molecule is CCNC(=NCc1nc(C(C)C)cs1)NCCCc1cnn(C)c1.I. The minimum absolute atomic E-state index is 0. The van der Waals surface area contributed by atoms with Crippen LogP contribution in [0, 0.1) is 0 Å². The zero-order chi connectivity index (χ0) is 17.4. The zero-order valence-electron chi connectivity index (χ0n) is 15.5. The quantitative estimate of drug-likeness (QED) is 0.266. The highest BCUT2D eigenvalue weighted by Gasteiger charge is 2.05. The monoisotopic (exact) mass is 476 g/mol. The average molecular weight is 476 g/mol. The van der Waals surface area contributed by atoms with Crippen molar-refractivity contribution in [3.05, 3.63) is 34.0 Å². The largest absolute Gasteiger partial charge is 0.357 e. The van der Waals surface area contributed by atoms with Crippen LogP contribution in [0.5, 0.6) is 0 Å². The van der Waals surface area contributed by atoms with E-state index in [1.54, 1.807) is 11.3 Å². The lowest BCUT2D eigenvalue weighted by atomic mass is 10.2. The van der Waals surface area contributed by atoms with Crippen LogP contribution in [0.4, 0.5) is 0 Å². The summed E-state index contributed by atoms with van der Waals surface area (Å²) in [5, 5.41) is 14.1. The van der Waals surface area contributed by atoms with Gasteiger partial charge < -0.3 is 10.6 Å². The molecule has 0 bridgehead atoms. The first-order valence-electron chi connectivity index (χ1n) is 8.52. The lowest BCUT2D eigenvalue weighted by molar-refractivity contribution is 0.740. The van der Waals surface area contributed by atoms with Crippen molar-refractivity contribution >= 4 is 41.3 Å². The fourth-order valence-electron chi connectivity index (χ4n) is 2.25. The van der Waals surface area contributed by atoms with Crippen LogP contribution in [0.1, 0.15) is 49.4 Å². The van der Waals surface area contributed by atoms with E-state index in [1.807, 2.05) is 17.9 Å². The Balaban J connectivity index is 0.00000312. The molecule has 6 nitrogen and oxygen atoms in total. The van der Waals surface area contributed by atoms with Gasteiger partial charge in [-0.15, -0.1) is 35.3 Å². The minimum Gasteiger partial charge on any atom is -0.357 e. The Morgan fingerprint density at radius 3 is 2.76 bits per heavy atom. The second kappa shape index (κ2) is 11.5. The van der Waals surface area contributed by atoms with Gasteiger partial charge in [0.2, 0.25) is 0 Å². The highest BCUT2D eigenvalue weighted by Crippen LogP contribution is 2.18. The van der Waals surface area contributed by atoms with Crippen molar-refractivity contribution in [3.63, 3.8) is 0 Å². The molecular formula is C17H29IN6S. The van der Waals surface area contributed by atoms with E-state index in [-0.39, 0.29) is 24.0 Å². The topological polar surface area (TPSA) is 67.1 Å². The maximum Gasteiger partial charge on any atom is 0.191 e. The molecule has 0 aromatic carbocycles. The van der Waals surface area contributed by atoms with E-state index < -0.39 is 0 Å². The molecule has 0 aliphatic rings. The van der Waals surface area contributed by atoms with Crippen LogP contribution >= 0.6 is 35.3 Å². The molecule has 2 N–H and O–H groups in total. The second-order valence-corrected chi connectivity index (χ2v) is 7.01. The summed E-state index contributed by atoms with van der Waals surface area (Å²) < 4.78 is 1.84. The van der Waals surface area contributed by atoms with Crippen molar-refractivity contribution in [2.24, 2.45) is 12.0 Å². The molecule has 0 saturated heterocycles. The number of thiazole rings is 1. The number of aryl methyl sites for hydroxylation is 2. The van der Waals surface area contributed by atoms with Crippen molar-refractivity contribution in [1.82, 2.24) is 25.4 Å². The average Bonchev–Trinajstić information content (AvgIpc) is 3.18. The molecule has 0 atom stereocenters. The lowest BCUT2D eigenvalue weighted by Gasteiger charge is -2.10. The first kappa shape index (κ1) is 21.9. The van der Waals surface area contributed by atoms with E-state index in [0.717, 1.165) is 42.6 Å². The first-order chi connectivity index (χ1) is 11.6. The van der Waals surface area contributed by atoms with Crippen LogP contribution < -0.4 is 10.6 Å². The zero-order valence-corrected chi connectivity index (χ0v) is 18.6. The molecule has 0 spiro atoms. The van der Waals surface area contributed by atoms with Gasteiger partial charge in [-0.25, -0.2) is 9.98 Å². The van der Waals surface area contributed by atoms with Crippen molar-refractivity contribution < 1.29 is 0 Å². The van der Waals surface area contributed by atoms with Gasteiger partial charge in [-0.3, -0.25) is 4.68 Å². The van der Waals surface area contributed by atoms with Crippen LogP contribution in [-0.4, -0.2) is 33.8 Å². The first-order valence-corrected chi connectivity index (χ1v) is 9.40. The fraction of sp³-hybridized carbons (Fsp3) is 0.588. The van der Waals surface area contributed by atoms with Gasteiger partial charge in [0.15, 0.2) is 5.96 Å². The van der Waals surface area contributed by atoms with E-state index >= 15 is 0 Å². The summed E-state index contributed by atoms with van der Waals surface area (Å²) in [7, 11) is 1.95. The third-order valence-electron chi connectivity index (χ3n) is 3.57. The predicted octanol–water partition coefficient (Wildman–Crippen LogP) is 3.31. The molecule has 2 aromatic heterocycles. The van der Waals surface area contributed by atoms with Gasteiger partial charge >= 0.3 is 0 Å². The number of aromatic nitrogens is 3. The highest BCUT2D eigenvalue weighted by atomic mass is 127. The molecule has 0 saturated carbocycles. The molecule has 8 heteroatoms. The molecule has 140 valence electrons. The Kier molecular flexibility index (Phi) is 10.0. The second-order valence-electron chi connectivity index (χ2n) is 6.07. The molecule has 2 heterocycles. The fourth-order valence-corrected chi connectivity index (χ4v) is 3.13. The third kappa shape index (κ3) is 7.72. The van der Waals surface area contributed by atoms with Crippen molar-refractivity contribution in [2.75, 3.05) is 13.1 Å². The Morgan fingerprint density at radius 1 is 1.36 bits per heavy atom. The summed E-state index contributed by atoms with van der Waals surface area (Å²) in [6, 6.07) is 0. The van der Waals surface area contributed by atoms with Gasteiger partial charge in [0.25, 0.3) is 0 Å². The van der Waals surface area contributed by atoms with E-state index in [0.29, 0.717) is 12.5 Å². The van der Waals surface area contributed by atoms with Crippen LogP contribution in [0.25, 0.3) is 0 Å². The van der Waals surface area contributed by atoms with E-state index in [2.05, 4.69) is 58.1 Å². The molecular weight excluding hydrogens is 447 g/mol. The highest BCUT2D eigenvalue weighted by molar-refractivity contribution is 14.0. The standard InChI is InChI=1S/C17H28N6S.HI/c1-5-18-17(19-8-6-7-14-9-21-23(4)11-14)20-10-16-22-15(12-24-16)13(2)3;/h9,11-13H,5-8,10H2,1-4H3,(H2,18,19,20);1H. The Bertz CT molecular complexity index is 649. The molecule has 0 amide bonds. The lowest BCUT2D eigenvalue weighted by Crippen LogP contribution is -2.37. The Morgan fingerprint density at radius 2 is 2.16 bits per heavy atom. The Hall–Kier alpha value is -1.16. The maximum absolute atomic E-state index is 4.63. The van der Waals surface area contributed by atoms with Crippen LogP contribution in [-0.2, 0) is 20.0 Å². The number of hydrogen-bond donors (Lipinski definition) is 2. The third-order valence-corrected chi connectivity index (χ3v) is 4.42. The summed E-state index contributed by atoms with van der Waals surface area (Å²) in [5.41, 5.74) is 2.42. The normalized spacial score (nSPS) is 11.5. The molecule has 2 aromatic rings. The van der Waals surface area contributed by atoms with Crippen molar-refractivity contribution in [2.45, 2.75) is 46.1 Å². The molecule has 0 radical (unpaired) electrons. The molecule has 0 aliphatic heterocycles. The number of nitrogens with zero attached hydrogens (tertiary/aromatic N) is 4. The molecule has 0 aliphatic carbocycles. The number of rotatable bonds is 8. The minimum atomic E-state index is 0. The summed E-state index contributed by atoms with van der Waals surface area (Å²) in [4.78, 5) is 9.26. The Labute approximate surface area is 171 Å². The van der Waals surface area contributed by atoms with Crippen LogP contribution in [0.15, 0.2) is 22.8 Å².